The summed E-state index contributed by atoms with van der Waals surface area (Å²) in [5.41, 5.74) is 0. The van der Waals surface area contributed by atoms with Crippen molar-refractivity contribution >= 4 is 22.4 Å². The van der Waals surface area contributed by atoms with Gasteiger partial charge in [-0.25, -0.2) is 0 Å². The van der Waals surface area contributed by atoms with Crippen LogP contribution in [0.2, 0.25) is 5.15 Å². The van der Waals surface area contributed by atoms with Gasteiger partial charge in [-0.1, -0.05) is 11.6 Å². The molecular weight excluding hydrogens is 234 g/mol. The van der Waals surface area contributed by atoms with E-state index in [-0.39, 0.29) is 5.25 Å². The summed E-state index contributed by atoms with van der Waals surface area (Å²) < 4.78 is 12.0. The fraction of sp³-hybridized carbons (Fsp3) is 0.556. The van der Waals surface area contributed by atoms with E-state index in [1.54, 1.807) is 12.1 Å². The van der Waals surface area contributed by atoms with Crippen LogP contribution >= 0.6 is 11.6 Å². The van der Waals surface area contributed by atoms with Gasteiger partial charge in [0.2, 0.25) is 0 Å². The Hall–Kier alpha value is -0.520. The molecule has 82 valence electrons. The standard InChI is InChI=1S/C9H12ClN3OS/c10-8-1-2-9(13-12-8)15(14)7-3-5-11-6-4-7/h1-2,7,11H,3-6H2/t15-/m1/s1. The SMILES string of the molecule is O=[S@@](c1ccc(Cl)nn1)C1CCNCC1. The molecule has 1 aliphatic heterocycles. The van der Waals surface area contributed by atoms with E-state index < -0.39 is 10.8 Å². The first-order chi connectivity index (χ1) is 7.27. The Morgan fingerprint density at radius 1 is 1.33 bits per heavy atom. The molecule has 1 fully saturated rings. The van der Waals surface area contributed by atoms with Crippen molar-refractivity contribution in [1.29, 1.82) is 0 Å². The molecule has 0 amide bonds. The Bertz CT molecular complexity index is 351. The average molecular weight is 246 g/mol. The van der Waals surface area contributed by atoms with E-state index in [9.17, 15) is 4.21 Å². The summed E-state index contributed by atoms with van der Waals surface area (Å²) in [6.45, 7) is 1.86. The molecule has 0 saturated carbocycles. The van der Waals surface area contributed by atoms with Crippen LogP contribution in [0, 0.1) is 0 Å². The van der Waals surface area contributed by atoms with Gasteiger partial charge < -0.3 is 5.32 Å². The maximum absolute atomic E-state index is 12.0. The fourth-order valence-electron chi connectivity index (χ4n) is 1.59. The minimum atomic E-state index is -1.05. The van der Waals surface area contributed by atoms with Crippen LogP contribution in [0.1, 0.15) is 12.8 Å². The first kappa shape index (κ1) is 11.0. The van der Waals surface area contributed by atoms with Gasteiger partial charge in [0.05, 0.1) is 10.8 Å². The molecule has 4 nitrogen and oxygen atoms in total. The Kier molecular flexibility index (Phi) is 3.66. The molecule has 0 radical (unpaired) electrons. The third-order valence-corrected chi connectivity index (χ3v) is 4.31. The topological polar surface area (TPSA) is 54.9 Å². The van der Waals surface area contributed by atoms with E-state index in [0.717, 1.165) is 25.9 Å². The number of rotatable bonds is 2. The van der Waals surface area contributed by atoms with Gasteiger partial charge in [0.25, 0.3) is 0 Å². The van der Waals surface area contributed by atoms with Gasteiger partial charge >= 0.3 is 0 Å². The van der Waals surface area contributed by atoms with E-state index in [2.05, 4.69) is 15.5 Å². The summed E-state index contributed by atoms with van der Waals surface area (Å²) in [6.07, 6.45) is 1.85. The van der Waals surface area contributed by atoms with E-state index in [0.29, 0.717) is 10.2 Å². The minimum absolute atomic E-state index is 0.196. The third-order valence-electron chi connectivity index (χ3n) is 2.40. The zero-order valence-corrected chi connectivity index (χ0v) is 9.72. The highest BCUT2D eigenvalue weighted by Gasteiger charge is 2.21. The van der Waals surface area contributed by atoms with E-state index in [4.69, 9.17) is 11.6 Å². The van der Waals surface area contributed by atoms with Crippen molar-refractivity contribution in [2.75, 3.05) is 13.1 Å². The lowest BCUT2D eigenvalue weighted by Gasteiger charge is -2.21. The fourth-order valence-corrected chi connectivity index (χ4v) is 3.02. The number of piperidine rings is 1. The second-order valence-electron chi connectivity index (χ2n) is 3.44. The second kappa shape index (κ2) is 5.01. The Labute approximate surface area is 95.9 Å². The van der Waals surface area contributed by atoms with Gasteiger partial charge in [-0.05, 0) is 38.1 Å². The molecule has 2 rings (SSSR count). The first-order valence-electron chi connectivity index (χ1n) is 4.88. The van der Waals surface area contributed by atoms with Crippen molar-refractivity contribution in [1.82, 2.24) is 15.5 Å². The molecule has 15 heavy (non-hydrogen) atoms. The maximum atomic E-state index is 12.0. The molecule has 0 spiro atoms. The van der Waals surface area contributed by atoms with Crippen molar-refractivity contribution in [3.63, 3.8) is 0 Å². The highest BCUT2D eigenvalue weighted by Crippen LogP contribution is 2.16. The predicted molar refractivity (Wildman–Crippen MR) is 59.3 cm³/mol. The Morgan fingerprint density at radius 2 is 2.07 bits per heavy atom. The Morgan fingerprint density at radius 3 is 2.67 bits per heavy atom. The smallest absolute Gasteiger partial charge is 0.151 e. The number of aromatic nitrogens is 2. The summed E-state index contributed by atoms with van der Waals surface area (Å²) >= 11 is 5.62. The van der Waals surface area contributed by atoms with Crippen molar-refractivity contribution in [2.45, 2.75) is 23.1 Å². The van der Waals surface area contributed by atoms with Crippen molar-refractivity contribution in [3.8, 4) is 0 Å². The molecule has 0 aromatic carbocycles. The largest absolute Gasteiger partial charge is 0.317 e. The van der Waals surface area contributed by atoms with Gasteiger partial charge in [0, 0.05) is 5.25 Å². The van der Waals surface area contributed by atoms with Crippen LogP contribution in [0.15, 0.2) is 17.2 Å². The van der Waals surface area contributed by atoms with Crippen LogP contribution in [0.5, 0.6) is 0 Å². The van der Waals surface area contributed by atoms with Crippen LogP contribution < -0.4 is 5.32 Å². The molecule has 0 aliphatic carbocycles. The van der Waals surface area contributed by atoms with Crippen LogP contribution in [-0.4, -0.2) is 32.7 Å². The molecule has 1 aromatic heterocycles. The summed E-state index contributed by atoms with van der Waals surface area (Å²) in [4.78, 5) is 0. The van der Waals surface area contributed by atoms with Gasteiger partial charge in [-0.2, -0.15) is 0 Å². The molecule has 0 bridgehead atoms. The molecule has 1 aromatic rings. The Balaban J connectivity index is 2.09. The highest BCUT2D eigenvalue weighted by atomic mass is 35.5. The monoisotopic (exact) mass is 245 g/mol. The summed E-state index contributed by atoms with van der Waals surface area (Å²) in [5.74, 6) is 0. The molecule has 6 heteroatoms. The lowest BCUT2D eigenvalue weighted by Crippen LogP contribution is -2.33. The van der Waals surface area contributed by atoms with Gasteiger partial charge in [0.15, 0.2) is 5.15 Å². The molecule has 1 aliphatic rings. The predicted octanol–water partition coefficient (Wildman–Crippen LogP) is 0.990. The van der Waals surface area contributed by atoms with Crippen LogP contribution in [0.25, 0.3) is 0 Å². The number of hydrogen-bond donors (Lipinski definition) is 1. The van der Waals surface area contributed by atoms with Crippen molar-refractivity contribution in [3.05, 3.63) is 17.3 Å². The van der Waals surface area contributed by atoms with Gasteiger partial charge in [-0.15, -0.1) is 10.2 Å². The summed E-state index contributed by atoms with van der Waals surface area (Å²) in [6, 6.07) is 3.32. The number of nitrogens with zero attached hydrogens (tertiary/aromatic N) is 2. The normalized spacial score (nSPS) is 20.1. The third kappa shape index (κ3) is 2.74. The lowest BCUT2D eigenvalue weighted by atomic mass is 10.2. The average Bonchev–Trinajstić information content (AvgIpc) is 2.30. The molecule has 2 heterocycles. The van der Waals surface area contributed by atoms with E-state index in [1.807, 2.05) is 0 Å². The number of halogens is 1. The van der Waals surface area contributed by atoms with E-state index in [1.165, 1.54) is 0 Å². The number of nitrogens with one attached hydrogen (secondary N) is 1. The highest BCUT2D eigenvalue weighted by molar-refractivity contribution is 7.85. The molecule has 1 N–H and O–H groups in total. The van der Waals surface area contributed by atoms with Gasteiger partial charge in [-0.3, -0.25) is 4.21 Å². The lowest BCUT2D eigenvalue weighted by molar-refractivity contribution is 0.518. The van der Waals surface area contributed by atoms with Crippen LogP contribution in [0.4, 0.5) is 0 Å². The summed E-state index contributed by atoms with van der Waals surface area (Å²) in [7, 11) is -1.05. The zero-order chi connectivity index (χ0) is 10.7. The van der Waals surface area contributed by atoms with Crippen LogP contribution in [0.3, 0.4) is 0 Å². The second-order valence-corrected chi connectivity index (χ2v) is 5.51. The first-order valence-corrected chi connectivity index (χ1v) is 6.47. The van der Waals surface area contributed by atoms with Gasteiger partial charge in [0.1, 0.15) is 5.03 Å². The molecule has 1 atom stereocenters. The molecule has 1 saturated heterocycles. The molecular formula is C9H12ClN3OS. The van der Waals surface area contributed by atoms with Crippen molar-refractivity contribution < 1.29 is 4.21 Å². The number of hydrogen-bond acceptors (Lipinski definition) is 4. The maximum Gasteiger partial charge on any atom is 0.151 e. The van der Waals surface area contributed by atoms with E-state index >= 15 is 0 Å². The molecule has 0 unspecified atom stereocenters. The van der Waals surface area contributed by atoms with Crippen LogP contribution in [-0.2, 0) is 10.8 Å². The minimum Gasteiger partial charge on any atom is -0.317 e. The van der Waals surface area contributed by atoms with Crippen molar-refractivity contribution in [2.24, 2.45) is 0 Å². The zero-order valence-electron chi connectivity index (χ0n) is 8.15. The quantitative estimate of drug-likeness (QED) is 0.844. The summed E-state index contributed by atoms with van der Waals surface area (Å²) in [5, 5.41) is 11.9.